The Morgan fingerprint density at radius 1 is 1.05 bits per heavy atom. The van der Waals surface area contributed by atoms with Crippen LogP contribution >= 0.6 is 11.3 Å². The van der Waals surface area contributed by atoms with Crippen molar-refractivity contribution < 1.29 is 24.2 Å². The van der Waals surface area contributed by atoms with Crippen LogP contribution < -0.4 is 14.4 Å². The molecule has 0 bridgehead atoms. The van der Waals surface area contributed by atoms with E-state index in [1.54, 1.807) is 31.4 Å². The molecule has 5 rings (SSSR count). The number of ketones is 1. The van der Waals surface area contributed by atoms with Crippen molar-refractivity contribution in [3.8, 4) is 11.5 Å². The number of benzene rings is 3. The largest absolute Gasteiger partial charge is 0.507 e. The lowest BCUT2D eigenvalue weighted by Gasteiger charge is -2.23. The molecule has 1 unspecified atom stereocenters. The Morgan fingerprint density at radius 3 is 2.57 bits per heavy atom. The summed E-state index contributed by atoms with van der Waals surface area (Å²) in [6.45, 7) is 4.49. The highest BCUT2D eigenvalue weighted by molar-refractivity contribution is 7.22. The predicted molar refractivity (Wildman–Crippen MR) is 144 cm³/mol. The van der Waals surface area contributed by atoms with Crippen molar-refractivity contribution >= 4 is 44.1 Å². The minimum Gasteiger partial charge on any atom is -0.507 e. The Kier molecular flexibility index (Phi) is 6.67. The van der Waals surface area contributed by atoms with Crippen LogP contribution in [-0.4, -0.2) is 35.5 Å². The van der Waals surface area contributed by atoms with E-state index >= 15 is 0 Å². The van der Waals surface area contributed by atoms with Crippen LogP contribution in [0.1, 0.15) is 36.1 Å². The van der Waals surface area contributed by atoms with Crippen molar-refractivity contribution in [1.82, 2.24) is 4.98 Å². The summed E-state index contributed by atoms with van der Waals surface area (Å²) in [7, 11) is 1.58. The molecule has 2 heterocycles. The Hall–Kier alpha value is -4.17. The second-order valence-electron chi connectivity index (χ2n) is 8.79. The number of ether oxygens (including phenoxy) is 2. The molecule has 7 nitrogen and oxygen atoms in total. The summed E-state index contributed by atoms with van der Waals surface area (Å²) >= 11 is 1.28. The molecule has 4 aromatic rings. The molecule has 1 amide bonds. The van der Waals surface area contributed by atoms with Crippen LogP contribution in [0.4, 0.5) is 5.13 Å². The maximum Gasteiger partial charge on any atom is 0.301 e. The number of anilines is 1. The maximum atomic E-state index is 13.5. The van der Waals surface area contributed by atoms with E-state index in [2.05, 4.69) is 4.98 Å². The van der Waals surface area contributed by atoms with Crippen molar-refractivity contribution in [2.75, 3.05) is 18.6 Å². The number of methoxy groups -OCH3 is 1. The summed E-state index contributed by atoms with van der Waals surface area (Å²) in [4.78, 5) is 33.0. The number of aliphatic hydroxyl groups excluding tert-OH is 1. The highest BCUT2D eigenvalue weighted by Crippen LogP contribution is 2.45. The van der Waals surface area contributed by atoms with Crippen molar-refractivity contribution in [1.29, 1.82) is 0 Å². The van der Waals surface area contributed by atoms with Crippen LogP contribution in [0.15, 0.2) is 72.3 Å². The van der Waals surface area contributed by atoms with E-state index in [1.807, 2.05) is 56.3 Å². The zero-order chi connectivity index (χ0) is 26.1. The van der Waals surface area contributed by atoms with E-state index in [9.17, 15) is 14.7 Å². The van der Waals surface area contributed by atoms with Gasteiger partial charge in [0, 0.05) is 5.56 Å². The summed E-state index contributed by atoms with van der Waals surface area (Å²) in [5.41, 5.74) is 2.80. The van der Waals surface area contributed by atoms with Crippen molar-refractivity contribution in [3.05, 3.63) is 89.0 Å². The number of hydrogen-bond donors (Lipinski definition) is 1. The molecule has 0 spiro atoms. The molecular formula is C29H26N2O5S. The van der Waals surface area contributed by atoms with Gasteiger partial charge in [-0.05, 0) is 49.2 Å². The van der Waals surface area contributed by atoms with Gasteiger partial charge in [-0.1, -0.05) is 60.2 Å². The Balaban J connectivity index is 1.69. The van der Waals surface area contributed by atoms with Crippen LogP contribution in [0.2, 0.25) is 0 Å². The highest BCUT2D eigenvalue weighted by atomic mass is 32.1. The number of Topliss-reactive ketones (excluding diaryl/α,β-unsaturated/α-hetero) is 1. The number of aliphatic hydroxyl groups is 1. The fraction of sp³-hybridized carbons (Fsp3) is 0.207. The quantitative estimate of drug-likeness (QED) is 0.184. The summed E-state index contributed by atoms with van der Waals surface area (Å²) in [6, 6.07) is 19.0. The number of nitrogens with zero attached hydrogens (tertiary/aromatic N) is 2. The number of carbonyl (C=O) groups excluding carboxylic acids is 2. The van der Waals surface area contributed by atoms with Gasteiger partial charge in [-0.2, -0.15) is 0 Å². The van der Waals surface area contributed by atoms with Crippen molar-refractivity contribution in [2.24, 2.45) is 0 Å². The Bertz CT molecular complexity index is 1520. The van der Waals surface area contributed by atoms with Crippen LogP contribution in [0.3, 0.4) is 0 Å². The number of aromatic nitrogens is 1. The normalized spacial score (nSPS) is 16.9. The lowest BCUT2D eigenvalue weighted by atomic mass is 9.95. The molecule has 188 valence electrons. The molecule has 1 fully saturated rings. The molecule has 3 aromatic carbocycles. The third kappa shape index (κ3) is 4.56. The van der Waals surface area contributed by atoms with Gasteiger partial charge in [-0.15, -0.1) is 0 Å². The number of fused-ring (bicyclic) bond motifs is 1. The van der Waals surface area contributed by atoms with E-state index in [1.165, 1.54) is 16.2 Å². The Morgan fingerprint density at radius 2 is 1.84 bits per heavy atom. The lowest BCUT2D eigenvalue weighted by molar-refractivity contribution is -0.132. The summed E-state index contributed by atoms with van der Waals surface area (Å²) in [5.74, 6) is -0.450. The maximum absolute atomic E-state index is 13.5. The first-order valence-electron chi connectivity index (χ1n) is 12.0. The summed E-state index contributed by atoms with van der Waals surface area (Å²) < 4.78 is 12.0. The van der Waals surface area contributed by atoms with E-state index in [4.69, 9.17) is 9.47 Å². The topological polar surface area (TPSA) is 89.0 Å². The molecule has 1 aliphatic rings. The first-order chi connectivity index (χ1) is 17.9. The van der Waals surface area contributed by atoms with Gasteiger partial charge in [-0.3, -0.25) is 14.5 Å². The number of hydrogen-bond acceptors (Lipinski definition) is 7. The average Bonchev–Trinajstić information content (AvgIpc) is 3.45. The van der Waals surface area contributed by atoms with Gasteiger partial charge in [-0.25, -0.2) is 4.98 Å². The molecule has 1 aliphatic heterocycles. The van der Waals surface area contributed by atoms with E-state index in [-0.39, 0.29) is 11.3 Å². The highest BCUT2D eigenvalue weighted by Gasteiger charge is 2.48. The van der Waals surface area contributed by atoms with Gasteiger partial charge < -0.3 is 14.6 Å². The number of rotatable bonds is 7. The number of amides is 1. The fourth-order valence-electron chi connectivity index (χ4n) is 4.33. The van der Waals surface area contributed by atoms with Crippen LogP contribution in [0.5, 0.6) is 11.5 Å². The Labute approximate surface area is 218 Å². The lowest BCUT2D eigenvalue weighted by Crippen LogP contribution is -2.29. The number of carbonyl (C=O) groups is 2. The van der Waals surface area contributed by atoms with Crippen LogP contribution in [-0.2, 0) is 9.59 Å². The van der Waals surface area contributed by atoms with Gasteiger partial charge in [0.15, 0.2) is 5.13 Å². The van der Waals surface area contributed by atoms with Gasteiger partial charge in [0.25, 0.3) is 5.78 Å². The molecule has 0 radical (unpaired) electrons. The molecule has 0 aliphatic carbocycles. The van der Waals surface area contributed by atoms with Crippen molar-refractivity contribution in [2.45, 2.75) is 26.3 Å². The number of thiazole rings is 1. The third-order valence-corrected chi connectivity index (χ3v) is 7.22. The zero-order valence-electron chi connectivity index (χ0n) is 20.7. The molecule has 0 saturated carbocycles. The fourth-order valence-corrected chi connectivity index (χ4v) is 5.35. The second-order valence-corrected chi connectivity index (χ2v) is 9.80. The van der Waals surface area contributed by atoms with Gasteiger partial charge in [0.1, 0.15) is 17.3 Å². The van der Waals surface area contributed by atoms with Gasteiger partial charge in [0.05, 0.1) is 35.5 Å². The van der Waals surface area contributed by atoms with E-state index in [0.717, 1.165) is 16.7 Å². The predicted octanol–water partition coefficient (Wildman–Crippen LogP) is 6.03. The molecule has 1 aromatic heterocycles. The SMILES string of the molecule is CCCOc1cccc(C2C(=C(O)c3ccc(C)cc3)C(=O)C(=O)N2c2nc3ccc(OC)cc3s2)c1. The smallest absolute Gasteiger partial charge is 0.301 e. The van der Waals surface area contributed by atoms with Crippen molar-refractivity contribution in [3.63, 3.8) is 0 Å². The zero-order valence-corrected chi connectivity index (χ0v) is 21.5. The average molecular weight is 515 g/mol. The minimum atomic E-state index is -0.881. The van der Waals surface area contributed by atoms with Gasteiger partial charge >= 0.3 is 5.91 Å². The molecule has 8 heteroatoms. The molecule has 37 heavy (non-hydrogen) atoms. The van der Waals surface area contributed by atoms with Crippen LogP contribution in [0, 0.1) is 6.92 Å². The monoisotopic (exact) mass is 514 g/mol. The molecule has 1 saturated heterocycles. The third-order valence-electron chi connectivity index (χ3n) is 6.21. The summed E-state index contributed by atoms with van der Waals surface area (Å²) in [5, 5.41) is 11.7. The number of aryl methyl sites for hydroxylation is 1. The molecular weight excluding hydrogens is 488 g/mol. The standard InChI is InChI=1S/C29H26N2O5S/c1-4-14-36-21-7-5-6-19(15-21)25-24(26(32)18-10-8-17(2)9-11-18)27(33)28(34)31(25)29-30-22-13-12-20(35-3)16-23(22)37-29/h5-13,15-16,25,32H,4,14H2,1-3H3. The van der Waals surface area contributed by atoms with E-state index < -0.39 is 17.7 Å². The van der Waals surface area contributed by atoms with E-state index in [0.29, 0.717) is 39.9 Å². The molecule has 1 N–H and O–H groups in total. The second kappa shape index (κ2) is 10.1. The first-order valence-corrected chi connectivity index (χ1v) is 12.8. The first kappa shape index (κ1) is 24.5. The minimum absolute atomic E-state index is 0.0123. The summed E-state index contributed by atoms with van der Waals surface area (Å²) in [6.07, 6.45) is 0.839. The van der Waals surface area contributed by atoms with Gasteiger partial charge in [0.2, 0.25) is 0 Å². The molecule has 1 atom stereocenters. The van der Waals surface area contributed by atoms with Crippen LogP contribution in [0.25, 0.3) is 16.0 Å².